The number of hydrogen-bond acceptors (Lipinski definition) is 2. The van der Waals surface area contributed by atoms with Gasteiger partial charge >= 0.3 is 0 Å². The highest BCUT2D eigenvalue weighted by Crippen LogP contribution is 2.34. The minimum Gasteiger partial charge on any atom is -0.352 e. The minimum absolute atomic E-state index is 0.190. The molecule has 1 amide bonds. The molecule has 0 saturated heterocycles. The van der Waals surface area contributed by atoms with Crippen LogP contribution in [0.2, 0.25) is 0 Å². The normalized spacial score (nSPS) is 29.3. The van der Waals surface area contributed by atoms with E-state index >= 15 is 0 Å². The highest BCUT2D eigenvalue weighted by Gasteiger charge is 2.36. The molecule has 92 valence electrons. The van der Waals surface area contributed by atoms with E-state index in [-0.39, 0.29) is 5.91 Å². The molecule has 0 heterocycles. The Morgan fingerprint density at radius 1 is 1.31 bits per heavy atom. The van der Waals surface area contributed by atoms with Crippen LogP contribution in [0.1, 0.15) is 51.9 Å². The monoisotopic (exact) mass is 224 g/mol. The third-order valence-corrected chi connectivity index (χ3v) is 3.83. The van der Waals surface area contributed by atoms with Crippen LogP contribution in [-0.4, -0.2) is 24.5 Å². The van der Waals surface area contributed by atoms with Gasteiger partial charge in [0.15, 0.2) is 0 Å². The molecular formula is C13H24N2O. The lowest BCUT2D eigenvalue weighted by molar-refractivity contribution is -0.120. The molecule has 2 aliphatic carbocycles. The number of rotatable bonds is 6. The van der Waals surface area contributed by atoms with Gasteiger partial charge in [0.1, 0.15) is 0 Å². The summed E-state index contributed by atoms with van der Waals surface area (Å²) in [6.45, 7) is 2.72. The molecule has 2 aliphatic rings. The van der Waals surface area contributed by atoms with Crippen LogP contribution in [0.4, 0.5) is 0 Å². The zero-order valence-corrected chi connectivity index (χ0v) is 10.3. The maximum Gasteiger partial charge on any atom is 0.234 e. The average molecular weight is 224 g/mol. The summed E-state index contributed by atoms with van der Waals surface area (Å²) >= 11 is 0. The molecule has 2 saturated carbocycles. The van der Waals surface area contributed by atoms with Crippen molar-refractivity contribution in [2.45, 2.75) is 64.0 Å². The third kappa shape index (κ3) is 3.48. The first-order chi connectivity index (χ1) is 7.79. The first kappa shape index (κ1) is 11.9. The van der Waals surface area contributed by atoms with E-state index in [1.165, 1.54) is 44.9 Å². The van der Waals surface area contributed by atoms with E-state index < -0.39 is 0 Å². The summed E-state index contributed by atoms with van der Waals surface area (Å²) < 4.78 is 0. The second-order valence-corrected chi connectivity index (χ2v) is 5.32. The lowest BCUT2D eigenvalue weighted by Crippen LogP contribution is -2.39. The van der Waals surface area contributed by atoms with Crippen LogP contribution in [-0.2, 0) is 4.79 Å². The second kappa shape index (κ2) is 5.67. The van der Waals surface area contributed by atoms with E-state index in [0.717, 1.165) is 5.92 Å². The largest absolute Gasteiger partial charge is 0.352 e. The Bertz CT molecular complexity index is 236. The smallest absolute Gasteiger partial charge is 0.234 e. The Hall–Kier alpha value is -0.570. The SMILES string of the molecule is CCCC1CC1NC(=O)CNC1CCCC1. The van der Waals surface area contributed by atoms with Crippen molar-refractivity contribution in [3.05, 3.63) is 0 Å². The molecule has 3 nitrogen and oxygen atoms in total. The van der Waals surface area contributed by atoms with Gasteiger partial charge in [0.25, 0.3) is 0 Å². The molecular weight excluding hydrogens is 200 g/mol. The molecule has 0 bridgehead atoms. The van der Waals surface area contributed by atoms with Gasteiger partial charge in [-0.05, 0) is 31.6 Å². The summed E-state index contributed by atoms with van der Waals surface area (Å²) in [7, 11) is 0. The van der Waals surface area contributed by atoms with Gasteiger partial charge in [-0.25, -0.2) is 0 Å². The fourth-order valence-electron chi connectivity index (χ4n) is 2.74. The number of nitrogens with one attached hydrogen (secondary N) is 2. The Morgan fingerprint density at radius 3 is 2.75 bits per heavy atom. The fraction of sp³-hybridized carbons (Fsp3) is 0.923. The number of amides is 1. The Balaban J connectivity index is 1.55. The Labute approximate surface area is 98.4 Å². The van der Waals surface area contributed by atoms with Gasteiger partial charge in [0.2, 0.25) is 5.91 Å². The van der Waals surface area contributed by atoms with Gasteiger partial charge in [-0.15, -0.1) is 0 Å². The molecule has 2 atom stereocenters. The van der Waals surface area contributed by atoms with Crippen molar-refractivity contribution >= 4 is 5.91 Å². The van der Waals surface area contributed by atoms with E-state index in [2.05, 4.69) is 17.6 Å². The van der Waals surface area contributed by atoms with Gasteiger partial charge in [-0.2, -0.15) is 0 Å². The number of carbonyl (C=O) groups excluding carboxylic acids is 1. The van der Waals surface area contributed by atoms with Crippen molar-refractivity contribution in [3.8, 4) is 0 Å². The molecule has 3 heteroatoms. The van der Waals surface area contributed by atoms with Crippen molar-refractivity contribution in [2.75, 3.05) is 6.54 Å². The van der Waals surface area contributed by atoms with Crippen molar-refractivity contribution in [3.63, 3.8) is 0 Å². The molecule has 2 fully saturated rings. The zero-order chi connectivity index (χ0) is 11.4. The number of hydrogen-bond donors (Lipinski definition) is 2. The van der Waals surface area contributed by atoms with E-state index in [1.807, 2.05) is 0 Å². The van der Waals surface area contributed by atoms with E-state index in [0.29, 0.717) is 18.6 Å². The molecule has 0 aromatic rings. The lowest BCUT2D eigenvalue weighted by Gasteiger charge is -2.11. The van der Waals surface area contributed by atoms with Crippen molar-refractivity contribution in [1.29, 1.82) is 0 Å². The van der Waals surface area contributed by atoms with Crippen LogP contribution in [0.5, 0.6) is 0 Å². The molecule has 0 aromatic heterocycles. The average Bonchev–Trinajstić information content (AvgIpc) is 2.82. The van der Waals surface area contributed by atoms with Crippen LogP contribution in [0.3, 0.4) is 0 Å². The van der Waals surface area contributed by atoms with Gasteiger partial charge in [0.05, 0.1) is 6.54 Å². The summed E-state index contributed by atoms with van der Waals surface area (Å²) in [6.07, 6.45) is 8.83. The fourth-order valence-corrected chi connectivity index (χ4v) is 2.74. The maximum atomic E-state index is 11.6. The van der Waals surface area contributed by atoms with E-state index in [1.54, 1.807) is 0 Å². The van der Waals surface area contributed by atoms with Gasteiger partial charge in [-0.1, -0.05) is 26.2 Å². The highest BCUT2D eigenvalue weighted by molar-refractivity contribution is 5.78. The van der Waals surface area contributed by atoms with Crippen LogP contribution < -0.4 is 10.6 Å². The third-order valence-electron chi connectivity index (χ3n) is 3.83. The summed E-state index contributed by atoms with van der Waals surface area (Å²) in [4.78, 5) is 11.6. The van der Waals surface area contributed by atoms with Crippen molar-refractivity contribution < 1.29 is 4.79 Å². The molecule has 0 spiro atoms. The molecule has 0 aromatic carbocycles. The first-order valence-corrected chi connectivity index (χ1v) is 6.82. The molecule has 16 heavy (non-hydrogen) atoms. The van der Waals surface area contributed by atoms with Crippen LogP contribution in [0, 0.1) is 5.92 Å². The minimum atomic E-state index is 0.190. The standard InChI is InChI=1S/C13H24N2O/c1-2-5-10-8-12(10)15-13(16)9-14-11-6-3-4-7-11/h10-12,14H,2-9H2,1H3,(H,15,16). The first-order valence-electron chi connectivity index (χ1n) is 6.82. The molecule has 0 radical (unpaired) electrons. The summed E-state index contributed by atoms with van der Waals surface area (Å²) in [5, 5.41) is 6.46. The van der Waals surface area contributed by atoms with Crippen molar-refractivity contribution in [1.82, 2.24) is 10.6 Å². The van der Waals surface area contributed by atoms with E-state index in [4.69, 9.17) is 0 Å². The maximum absolute atomic E-state index is 11.6. The Kier molecular flexibility index (Phi) is 4.22. The Morgan fingerprint density at radius 2 is 2.06 bits per heavy atom. The summed E-state index contributed by atoms with van der Waals surface area (Å²) in [5.41, 5.74) is 0. The summed E-state index contributed by atoms with van der Waals surface area (Å²) in [5.74, 6) is 0.955. The van der Waals surface area contributed by atoms with Crippen molar-refractivity contribution in [2.24, 2.45) is 5.92 Å². The number of carbonyl (C=O) groups is 1. The topological polar surface area (TPSA) is 41.1 Å². The quantitative estimate of drug-likeness (QED) is 0.722. The molecule has 2 rings (SSSR count). The van der Waals surface area contributed by atoms with Gasteiger partial charge in [-0.3, -0.25) is 4.79 Å². The predicted octanol–water partition coefficient (Wildman–Crippen LogP) is 1.82. The summed E-state index contributed by atoms with van der Waals surface area (Å²) in [6, 6.07) is 1.08. The molecule has 2 unspecified atom stereocenters. The van der Waals surface area contributed by atoms with Gasteiger partial charge < -0.3 is 10.6 Å². The van der Waals surface area contributed by atoms with Crippen LogP contribution in [0.25, 0.3) is 0 Å². The zero-order valence-electron chi connectivity index (χ0n) is 10.3. The van der Waals surface area contributed by atoms with E-state index in [9.17, 15) is 4.79 Å². The predicted molar refractivity (Wildman–Crippen MR) is 65.2 cm³/mol. The molecule has 2 N–H and O–H groups in total. The van der Waals surface area contributed by atoms with Crippen LogP contribution >= 0.6 is 0 Å². The second-order valence-electron chi connectivity index (χ2n) is 5.32. The lowest BCUT2D eigenvalue weighted by atomic mass is 10.2. The highest BCUT2D eigenvalue weighted by atomic mass is 16.2. The molecule has 0 aliphatic heterocycles. The van der Waals surface area contributed by atoms with Gasteiger partial charge in [0, 0.05) is 12.1 Å². The van der Waals surface area contributed by atoms with Crippen LogP contribution in [0.15, 0.2) is 0 Å².